The third-order valence-corrected chi connectivity index (χ3v) is 4.97. The summed E-state index contributed by atoms with van der Waals surface area (Å²) in [5, 5.41) is 3.58. The zero-order valence-electron chi connectivity index (χ0n) is 15.4. The molecule has 0 amide bonds. The van der Waals surface area contributed by atoms with Crippen LogP contribution in [0.1, 0.15) is 32.2 Å². The average Bonchev–Trinajstić information content (AvgIpc) is 3.16. The van der Waals surface area contributed by atoms with Crippen LogP contribution >= 0.6 is 0 Å². The first-order chi connectivity index (χ1) is 12.2. The van der Waals surface area contributed by atoms with Crippen molar-refractivity contribution in [1.29, 1.82) is 0 Å². The highest BCUT2D eigenvalue weighted by Gasteiger charge is 2.26. The maximum Gasteiger partial charge on any atom is 0.204 e. The van der Waals surface area contributed by atoms with Crippen LogP contribution in [0.3, 0.4) is 0 Å². The number of hydrogen-bond donors (Lipinski definition) is 1. The van der Waals surface area contributed by atoms with Crippen LogP contribution in [0.4, 0.5) is 0 Å². The van der Waals surface area contributed by atoms with Gasteiger partial charge in [0.2, 0.25) is 5.75 Å². The fourth-order valence-electron chi connectivity index (χ4n) is 3.64. The predicted molar refractivity (Wildman–Crippen MR) is 97.7 cm³/mol. The molecule has 2 atom stereocenters. The van der Waals surface area contributed by atoms with Gasteiger partial charge in [0.05, 0.1) is 26.9 Å². The lowest BCUT2D eigenvalue weighted by Gasteiger charge is -2.31. The van der Waals surface area contributed by atoms with Gasteiger partial charge in [-0.2, -0.15) is 0 Å². The molecule has 6 nitrogen and oxygen atoms in total. The summed E-state index contributed by atoms with van der Waals surface area (Å²) in [5.41, 5.74) is 0.914. The smallest absolute Gasteiger partial charge is 0.204 e. The SMILES string of the molecule is CC[C@@H]1C[C@H](n2ccnc2-c2ccc(OC)c(OC)c2OC)CCN1. The van der Waals surface area contributed by atoms with Crippen LogP contribution in [0, 0.1) is 0 Å². The molecule has 25 heavy (non-hydrogen) atoms. The Morgan fingerprint density at radius 2 is 1.96 bits per heavy atom. The van der Waals surface area contributed by atoms with Crippen LogP contribution in [0.2, 0.25) is 0 Å². The second-order valence-electron chi connectivity index (χ2n) is 6.28. The van der Waals surface area contributed by atoms with E-state index in [1.807, 2.05) is 18.3 Å². The number of piperidine rings is 1. The number of nitrogens with one attached hydrogen (secondary N) is 1. The van der Waals surface area contributed by atoms with E-state index in [1.165, 1.54) is 0 Å². The van der Waals surface area contributed by atoms with Gasteiger partial charge in [0, 0.05) is 24.5 Å². The number of ether oxygens (including phenoxy) is 3. The summed E-state index contributed by atoms with van der Waals surface area (Å²) in [6, 6.07) is 4.87. The lowest BCUT2D eigenvalue weighted by atomic mass is 9.97. The normalized spacial score (nSPS) is 20.3. The molecule has 1 aromatic carbocycles. The van der Waals surface area contributed by atoms with Crippen molar-refractivity contribution in [2.45, 2.75) is 38.3 Å². The lowest BCUT2D eigenvalue weighted by Crippen LogP contribution is -2.38. The van der Waals surface area contributed by atoms with E-state index in [9.17, 15) is 0 Å². The number of rotatable bonds is 6. The van der Waals surface area contributed by atoms with E-state index < -0.39 is 0 Å². The fraction of sp³-hybridized carbons (Fsp3) is 0.526. The van der Waals surface area contributed by atoms with Crippen molar-refractivity contribution in [3.63, 3.8) is 0 Å². The van der Waals surface area contributed by atoms with Crippen molar-refractivity contribution in [3.05, 3.63) is 24.5 Å². The largest absolute Gasteiger partial charge is 0.493 e. The molecule has 1 fully saturated rings. The van der Waals surface area contributed by atoms with E-state index in [1.54, 1.807) is 21.3 Å². The van der Waals surface area contributed by atoms with E-state index in [0.717, 1.165) is 37.2 Å². The number of nitrogens with zero attached hydrogens (tertiary/aromatic N) is 2. The molecule has 1 saturated heterocycles. The Morgan fingerprint density at radius 1 is 1.16 bits per heavy atom. The summed E-state index contributed by atoms with van der Waals surface area (Å²) >= 11 is 0. The predicted octanol–water partition coefficient (Wildman–Crippen LogP) is 3.28. The summed E-state index contributed by atoms with van der Waals surface area (Å²) in [4.78, 5) is 4.62. The van der Waals surface area contributed by atoms with Crippen LogP contribution in [0.5, 0.6) is 17.2 Å². The van der Waals surface area contributed by atoms with Crippen LogP contribution in [-0.4, -0.2) is 43.5 Å². The molecular formula is C19H27N3O3. The molecule has 0 aliphatic carbocycles. The monoisotopic (exact) mass is 345 g/mol. The highest BCUT2D eigenvalue weighted by Crippen LogP contribution is 2.44. The van der Waals surface area contributed by atoms with E-state index >= 15 is 0 Å². The number of hydrogen-bond acceptors (Lipinski definition) is 5. The lowest BCUT2D eigenvalue weighted by molar-refractivity contribution is 0.296. The summed E-state index contributed by atoms with van der Waals surface area (Å²) in [7, 11) is 4.89. The Morgan fingerprint density at radius 3 is 2.64 bits per heavy atom. The van der Waals surface area contributed by atoms with E-state index in [0.29, 0.717) is 29.3 Å². The van der Waals surface area contributed by atoms with Crippen LogP contribution in [0.25, 0.3) is 11.4 Å². The molecule has 2 aromatic rings. The Balaban J connectivity index is 2.02. The molecule has 136 valence electrons. The minimum atomic E-state index is 0.432. The van der Waals surface area contributed by atoms with Crippen LogP contribution in [0.15, 0.2) is 24.5 Å². The highest BCUT2D eigenvalue weighted by molar-refractivity contribution is 5.72. The first kappa shape index (κ1) is 17.6. The number of aromatic nitrogens is 2. The number of benzene rings is 1. The molecule has 2 heterocycles. The van der Waals surface area contributed by atoms with Gasteiger partial charge >= 0.3 is 0 Å². The van der Waals surface area contributed by atoms with Gasteiger partial charge in [-0.1, -0.05) is 6.92 Å². The summed E-state index contributed by atoms with van der Waals surface area (Å²) in [6.07, 6.45) is 7.26. The molecule has 0 radical (unpaired) electrons. The van der Waals surface area contributed by atoms with Crippen molar-refractivity contribution in [2.75, 3.05) is 27.9 Å². The minimum Gasteiger partial charge on any atom is -0.493 e. The molecule has 3 rings (SSSR count). The van der Waals surface area contributed by atoms with Gasteiger partial charge in [-0.15, -0.1) is 0 Å². The topological polar surface area (TPSA) is 57.5 Å². The average molecular weight is 345 g/mol. The van der Waals surface area contributed by atoms with Gasteiger partial charge in [0.25, 0.3) is 0 Å². The minimum absolute atomic E-state index is 0.432. The van der Waals surface area contributed by atoms with Gasteiger partial charge in [-0.3, -0.25) is 0 Å². The molecule has 6 heteroatoms. The molecule has 0 bridgehead atoms. The standard InChI is InChI=1S/C19H27N3O3/c1-5-13-12-14(8-9-20-13)22-11-10-21-19(22)15-6-7-16(23-2)18(25-4)17(15)24-3/h6-7,10-11,13-14,20H,5,8-9,12H2,1-4H3/t13-,14-/m1/s1. The van der Waals surface area contributed by atoms with Crippen molar-refractivity contribution >= 4 is 0 Å². The number of methoxy groups -OCH3 is 3. The van der Waals surface area contributed by atoms with E-state index in [-0.39, 0.29) is 0 Å². The fourth-order valence-corrected chi connectivity index (χ4v) is 3.64. The maximum atomic E-state index is 5.65. The maximum absolute atomic E-state index is 5.65. The molecular weight excluding hydrogens is 318 g/mol. The third-order valence-electron chi connectivity index (χ3n) is 4.97. The van der Waals surface area contributed by atoms with Gasteiger partial charge < -0.3 is 24.1 Å². The molecule has 0 saturated carbocycles. The van der Waals surface area contributed by atoms with E-state index in [2.05, 4.69) is 28.0 Å². The van der Waals surface area contributed by atoms with E-state index in [4.69, 9.17) is 14.2 Å². The third kappa shape index (κ3) is 3.31. The Kier molecular flexibility index (Phi) is 5.48. The molecule has 1 aliphatic heterocycles. The molecule has 1 N–H and O–H groups in total. The quantitative estimate of drug-likeness (QED) is 0.871. The van der Waals surface area contributed by atoms with Crippen molar-refractivity contribution in [3.8, 4) is 28.6 Å². The molecule has 0 unspecified atom stereocenters. The zero-order valence-corrected chi connectivity index (χ0v) is 15.4. The van der Waals surface area contributed by atoms with Crippen LogP contribution < -0.4 is 19.5 Å². The Hall–Kier alpha value is -2.21. The second-order valence-corrected chi connectivity index (χ2v) is 6.28. The molecule has 1 aromatic heterocycles. The Labute approximate surface area is 149 Å². The van der Waals surface area contributed by atoms with Gasteiger partial charge in [0.15, 0.2) is 11.5 Å². The molecule has 0 spiro atoms. The second kappa shape index (κ2) is 7.78. The zero-order chi connectivity index (χ0) is 17.8. The summed E-state index contributed by atoms with van der Waals surface area (Å²) in [6.45, 7) is 3.26. The summed E-state index contributed by atoms with van der Waals surface area (Å²) in [5.74, 6) is 2.79. The van der Waals surface area contributed by atoms with Gasteiger partial charge in [-0.05, 0) is 37.9 Å². The van der Waals surface area contributed by atoms with Crippen molar-refractivity contribution < 1.29 is 14.2 Å². The van der Waals surface area contributed by atoms with Crippen molar-refractivity contribution in [1.82, 2.24) is 14.9 Å². The van der Waals surface area contributed by atoms with Gasteiger partial charge in [0.1, 0.15) is 5.82 Å². The molecule has 1 aliphatic rings. The van der Waals surface area contributed by atoms with Crippen molar-refractivity contribution in [2.24, 2.45) is 0 Å². The Bertz CT molecular complexity index is 714. The summed E-state index contributed by atoms with van der Waals surface area (Å²) < 4.78 is 18.8. The highest BCUT2D eigenvalue weighted by atomic mass is 16.5. The first-order valence-electron chi connectivity index (χ1n) is 8.79. The van der Waals surface area contributed by atoms with Crippen LogP contribution in [-0.2, 0) is 0 Å². The van der Waals surface area contributed by atoms with Gasteiger partial charge in [-0.25, -0.2) is 4.98 Å². The number of imidazole rings is 1. The first-order valence-corrected chi connectivity index (χ1v) is 8.79.